The average molecular weight is 416 g/mol. The van der Waals surface area contributed by atoms with Crippen molar-refractivity contribution >= 4 is 46.1 Å². The standard InChI is InChI=1S/C15H11ClINO3/c16-12-7-2-1-6-11(12)13(15(20)21)18-14(19)9-4-3-5-10(17)8-9/h1-8,13H,(H,18,19)(H,20,21)/t13-/m1/s1. The molecule has 108 valence electrons. The Hall–Kier alpha value is -1.60. The van der Waals surface area contributed by atoms with E-state index in [9.17, 15) is 14.7 Å². The van der Waals surface area contributed by atoms with E-state index in [0.29, 0.717) is 16.1 Å². The van der Waals surface area contributed by atoms with Crippen LogP contribution in [-0.2, 0) is 4.79 Å². The van der Waals surface area contributed by atoms with Crippen molar-refractivity contribution in [2.24, 2.45) is 0 Å². The summed E-state index contributed by atoms with van der Waals surface area (Å²) in [5.41, 5.74) is 0.755. The highest BCUT2D eigenvalue weighted by atomic mass is 127. The summed E-state index contributed by atoms with van der Waals surface area (Å²) in [4.78, 5) is 23.6. The SMILES string of the molecule is O=C(N[C@@H](C(=O)O)c1ccccc1Cl)c1cccc(I)c1. The van der Waals surface area contributed by atoms with Gasteiger partial charge in [-0.25, -0.2) is 4.79 Å². The number of rotatable bonds is 4. The van der Waals surface area contributed by atoms with E-state index in [4.69, 9.17) is 11.6 Å². The second kappa shape index (κ2) is 6.91. The molecule has 0 aliphatic heterocycles. The Morgan fingerprint density at radius 3 is 2.48 bits per heavy atom. The molecular formula is C15H11ClINO3. The van der Waals surface area contributed by atoms with Crippen LogP contribution < -0.4 is 5.32 Å². The molecule has 2 aromatic rings. The molecule has 1 amide bonds. The number of aliphatic carboxylic acids is 1. The third-order valence-electron chi connectivity index (χ3n) is 2.83. The summed E-state index contributed by atoms with van der Waals surface area (Å²) in [7, 11) is 0. The summed E-state index contributed by atoms with van der Waals surface area (Å²) in [5, 5.41) is 12.1. The number of carbonyl (C=O) groups excluding carboxylic acids is 1. The maximum absolute atomic E-state index is 12.2. The first kappa shape index (κ1) is 15.8. The van der Waals surface area contributed by atoms with Crippen LogP contribution in [0, 0.1) is 3.57 Å². The summed E-state index contributed by atoms with van der Waals surface area (Å²) in [6, 6.07) is 12.2. The number of hydrogen-bond donors (Lipinski definition) is 2. The first-order valence-corrected chi connectivity index (χ1v) is 7.48. The Kier molecular flexibility index (Phi) is 5.19. The number of hydrogen-bond acceptors (Lipinski definition) is 2. The minimum Gasteiger partial charge on any atom is -0.479 e. The normalized spacial score (nSPS) is 11.7. The second-order valence-electron chi connectivity index (χ2n) is 4.28. The van der Waals surface area contributed by atoms with Gasteiger partial charge in [-0.1, -0.05) is 35.9 Å². The maximum atomic E-state index is 12.2. The highest BCUT2D eigenvalue weighted by molar-refractivity contribution is 14.1. The van der Waals surface area contributed by atoms with Crippen LogP contribution in [0.1, 0.15) is 22.0 Å². The summed E-state index contributed by atoms with van der Waals surface area (Å²) in [6.45, 7) is 0. The van der Waals surface area contributed by atoms with E-state index in [0.717, 1.165) is 3.57 Å². The summed E-state index contributed by atoms with van der Waals surface area (Å²) in [6.07, 6.45) is 0. The number of halogens is 2. The van der Waals surface area contributed by atoms with Crippen LogP contribution in [0.15, 0.2) is 48.5 Å². The van der Waals surface area contributed by atoms with Gasteiger partial charge in [0.2, 0.25) is 0 Å². The monoisotopic (exact) mass is 415 g/mol. The van der Waals surface area contributed by atoms with Gasteiger partial charge in [-0.15, -0.1) is 0 Å². The van der Waals surface area contributed by atoms with E-state index in [1.54, 1.807) is 42.5 Å². The molecule has 0 aromatic heterocycles. The molecule has 21 heavy (non-hydrogen) atoms. The maximum Gasteiger partial charge on any atom is 0.330 e. The van der Waals surface area contributed by atoms with Gasteiger partial charge in [0, 0.05) is 19.7 Å². The van der Waals surface area contributed by atoms with Gasteiger partial charge in [0.25, 0.3) is 5.91 Å². The molecular weight excluding hydrogens is 405 g/mol. The topological polar surface area (TPSA) is 66.4 Å². The molecule has 2 N–H and O–H groups in total. The molecule has 0 unspecified atom stereocenters. The van der Waals surface area contributed by atoms with Gasteiger partial charge in [-0.3, -0.25) is 4.79 Å². The van der Waals surface area contributed by atoms with Crippen molar-refractivity contribution in [1.29, 1.82) is 0 Å². The molecule has 1 atom stereocenters. The third-order valence-corrected chi connectivity index (χ3v) is 3.84. The highest BCUT2D eigenvalue weighted by Crippen LogP contribution is 2.23. The van der Waals surface area contributed by atoms with Gasteiger partial charge in [-0.05, 0) is 46.9 Å². The van der Waals surface area contributed by atoms with Crippen molar-refractivity contribution in [1.82, 2.24) is 5.32 Å². The molecule has 0 aliphatic carbocycles. The van der Waals surface area contributed by atoms with E-state index in [1.807, 2.05) is 6.07 Å². The lowest BCUT2D eigenvalue weighted by Gasteiger charge is -2.16. The molecule has 0 spiro atoms. The second-order valence-corrected chi connectivity index (χ2v) is 5.93. The molecule has 0 fully saturated rings. The highest BCUT2D eigenvalue weighted by Gasteiger charge is 2.24. The van der Waals surface area contributed by atoms with Gasteiger partial charge < -0.3 is 10.4 Å². The lowest BCUT2D eigenvalue weighted by Crippen LogP contribution is -2.34. The lowest BCUT2D eigenvalue weighted by atomic mass is 10.1. The lowest BCUT2D eigenvalue weighted by molar-refractivity contribution is -0.139. The quantitative estimate of drug-likeness (QED) is 0.751. The molecule has 0 heterocycles. The molecule has 0 aliphatic rings. The molecule has 4 nitrogen and oxygen atoms in total. The van der Waals surface area contributed by atoms with Crippen molar-refractivity contribution in [2.75, 3.05) is 0 Å². The minimum atomic E-state index is -1.19. The molecule has 6 heteroatoms. The van der Waals surface area contributed by atoms with Crippen molar-refractivity contribution in [3.63, 3.8) is 0 Å². The fourth-order valence-electron chi connectivity index (χ4n) is 1.83. The van der Waals surface area contributed by atoms with Gasteiger partial charge in [0.1, 0.15) is 0 Å². The number of carbonyl (C=O) groups is 2. The van der Waals surface area contributed by atoms with Gasteiger partial charge in [0.15, 0.2) is 6.04 Å². The minimum absolute atomic E-state index is 0.299. The fourth-order valence-corrected chi connectivity index (χ4v) is 2.61. The zero-order chi connectivity index (χ0) is 15.4. The van der Waals surface area contributed by atoms with Gasteiger partial charge in [0.05, 0.1) is 0 Å². The molecule has 0 saturated carbocycles. The van der Waals surface area contributed by atoms with Crippen LogP contribution in [0.25, 0.3) is 0 Å². The molecule has 0 saturated heterocycles. The van der Waals surface area contributed by atoms with Crippen molar-refractivity contribution in [2.45, 2.75) is 6.04 Å². The first-order valence-electron chi connectivity index (χ1n) is 6.02. The zero-order valence-electron chi connectivity index (χ0n) is 10.7. The fraction of sp³-hybridized carbons (Fsp3) is 0.0667. The van der Waals surface area contributed by atoms with Crippen molar-refractivity contribution in [3.8, 4) is 0 Å². The summed E-state index contributed by atoms with van der Waals surface area (Å²) < 4.78 is 0.893. The summed E-state index contributed by atoms with van der Waals surface area (Å²) >= 11 is 8.09. The smallest absolute Gasteiger partial charge is 0.330 e. The van der Waals surface area contributed by atoms with E-state index in [2.05, 4.69) is 27.9 Å². The van der Waals surface area contributed by atoms with E-state index in [-0.39, 0.29) is 0 Å². The Balaban J connectivity index is 2.27. The number of amides is 1. The van der Waals surface area contributed by atoms with Crippen LogP contribution in [0.2, 0.25) is 5.02 Å². The van der Waals surface area contributed by atoms with Crippen molar-refractivity contribution < 1.29 is 14.7 Å². The van der Waals surface area contributed by atoms with E-state index in [1.165, 1.54) is 0 Å². The Morgan fingerprint density at radius 2 is 1.86 bits per heavy atom. The number of carboxylic acids is 1. The number of carboxylic acid groups (broad SMARTS) is 1. The predicted octanol–water partition coefficient (Wildman–Crippen LogP) is 3.50. The van der Waals surface area contributed by atoms with Crippen LogP contribution in [0.3, 0.4) is 0 Å². The van der Waals surface area contributed by atoms with Gasteiger partial charge >= 0.3 is 5.97 Å². The molecule has 0 radical (unpaired) electrons. The van der Waals surface area contributed by atoms with Crippen molar-refractivity contribution in [3.05, 3.63) is 68.3 Å². The molecule has 2 rings (SSSR count). The third kappa shape index (κ3) is 3.95. The predicted molar refractivity (Wildman–Crippen MR) is 88.5 cm³/mol. The van der Waals surface area contributed by atoms with Gasteiger partial charge in [-0.2, -0.15) is 0 Å². The van der Waals surface area contributed by atoms with E-state index < -0.39 is 17.9 Å². The molecule has 0 bridgehead atoms. The Labute approximate surface area is 140 Å². The largest absolute Gasteiger partial charge is 0.479 e. The van der Waals surface area contributed by atoms with Crippen LogP contribution in [0.5, 0.6) is 0 Å². The number of benzene rings is 2. The molecule has 2 aromatic carbocycles. The first-order chi connectivity index (χ1) is 9.99. The Morgan fingerprint density at radius 1 is 1.14 bits per heavy atom. The summed E-state index contributed by atoms with van der Waals surface area (Å²) in [5.74, 6) is -1.62. The average Bonchev–Trinajstić information content (AvgIpc) is 2.45. The Bertz CT molecular complexity index is 690. The van der Waals surface area contributed by atoms with Crippen LogP contribution in [-0.4, -0.2) is 17.0 Å². The van der Waals surface area contributed by atoms with Crippen LogP contribution in [0.4, 0.5) is 0 Å². The van der Waals surface area contributed by atoms with Crippen LogP contribution >= 0.6 is 34.2 Å². The van der Waals surface area contributed by atoms with E-state index >= 15 is 0 Å². The number of nitrogens with one attached hydrogen (secondary N) is 1. The zero-order valence-corrected chi connectivity index (χ0v) is 13.6.